The topological polar surface area (TPSA) is 38.7 Å². The Kier molecular flexibility index (Phi) is 5.59. The summed E-state index contributed by atoms with van der Waals surface area (Å²) in [5, 5.41) is 10.8. The van der Waals surface area contributed by atoms with E-state index in [1.54, 1.807) is 24.3 Å². The van der Waals surface area contributed by atoms with Crippen LogP contribution in [-0.2, 0) is 13.2 Å². The zero-order valence-electron chi connectivity index (χ0n) is 11.2. The molecule has 6 heteroatoms. The number of aliphatic hydroxyl groups is 1. The van der Waals surface area contributed by atoms with Crippen LogP contribution in [0.25, 0.3) is 0 Å². The summed E-state index contributed by atoms with van der Waals surface area (Å²) in [5.74, 6) is 0.919. The summed E-state index contributed by atoms with van der Waals surface area (Å²) < 4.78 is 11.0. The van der Waals surface area contributed by atoms with E-state index >= 15 is 0 Å². The highest BCUT2D eigenvalue weighted by molar-refractivity contribution is 6.42. The molecule has 0 heterocycles. The van der Waals surface area contributed by atoms with Gasteiger partial charge in [-0.1, -0.05) is 40.9 Å². The van der Waals surface area contributed by atoms with Crippen molar-refractivity contribution < 1.29 is 14.6 Å². The standard InChI is InChI=1S/C15H13Cl3O3/c1-20-14-6-11(16)5-10(7-19)15(14)21-8-9-2-3-12(17)13(18)4-9/h2-6,19H,7-8H2,1H3. The Morgan fingerprint density at radius 1 is 1.05 bits per heavy atom. The number of rotatable bonds is 5. The maximum absolute atomic E-state index is 9.41. The molecule has 0 amide bonds. The molecule has 1 N–H and O–H groups in total. The highest BCUT2D eigenvalue weighted by atomic mass is 35.5. The van der Waals surface area contributed by atoms with E-state index in [0.717, 1.165) is 5.56 Å². The van der Waals surface area contributed by atoms with Gasteiger partial charge in [-0.15, -0.1) is 0 Å². The molecule has 0 fully saturated rings. The van der Waals surface area contributed by atoms with Gasteiger partial charge in [-0.25, -0.2) is 0 Å². The first kappa shape index (κ1) is 16.2. The van der Waals surface area contributed by atoms with E-state index in [2.05, 4.69) is 0 Å². The van der Waals surface area contributed by atoms with Crippen molar-refractivity contribution in [3.63, 3.8) is 0 Å². The number of hydrogen-bond donors (Lipinski definition) is 1. The molecule has 0 aliphatic carbocycles. The van der Waals surface area contributed by atoms with Crippen molar-refractivity contribution in [1.82, 2.24) is 0 Å². The predicted octanol–water partition coefficient (Wildman–Crippen LogP) is 4.73. The average Bonchev–Trinajstić information content (AvgIpc) is 2.48. The van der Waals surface area contributed by atoms with Crippen LogP contribution in [0.15, 0.2) is 30.3 Å². The molecule has 112 valence electrons. The van der Waals surface area contributed by atoms with Crippen molar-refractivity contribution in [2.75, 3.05) is 7.11 Å². The fraction of sp³-hybridized carbons (Fsp3) is 0.200. The second-order valence-electron chi connectivity index (χ2n) is 4.29. The molecule has 0 saturated carbocycles. The van der Waals surface area contributed by atoms with Crippen LogP contribution in [0.2, 0.25) is 15.1 Å². The van der Waals surface area contributed by atoms with Crippen LogP contribution >= 0.6 is 34.8 Å². The molecular formula is C15H13Cl3O3. The SMILES string of the molecule is COc1cc(Cl)cc(CO)c1OCc1ccc(Cl)c(Cl)c1. The van der Waals surface area contributed by atoms with Crippen LogP contribution in [0.5, 0.6) is 11.5 Å². The maximum Gasteiger partial charge on any atom is 0.167 e. The molecule has 3 nitrogen and oxygen atoms in total. The first-order valence-corrected chi connectivity index (χ1v) is 7.22. The normalized spacial score (nSPS) is 10.5. The predicted molar refractivity (Wildman–Crippen MR) is 84.7 cm³/mol. The lowest BCUT2D eigenvalue weighted by Gasteiger charge is -2.15. The molecule has 2 aromatic rings. The second-order valence-corrected chi connectivity index (χ2v) is 5.54. The average molecular weight is 348 g/mol. The van der Waals surface area contributed by atoms with Crippen molar-refractivity contribution in [1.29, 1.82) is 0 Å². The summed E-state index contributed by atoms with van der Waals surface area (Å²) in [4.78, 5) is 0. The lowest BCUT2D eigenvalue weighted by Crippen LogP contribution is -2.01. The van der Waals surface area contributed by atoms with Crippen LogP contribution in [-0.4, -0.2) is 12.2 Å². The number of aliphatic hydroxyl groups excluding tert-OH is 1. The van der Waals surface area contributed by atoms with Crippen molar-refractivity contribution >= 4 is 34.8 Å². The van der Waals surface area contributed by atoms with E-state index in [4.69, 9.17) is 44.3 Å². The van der Waals surface area contributed by atoms with Gasteiger partial charge in [-0.05, 0) is 23.8 Å². The van der Waals surface area contributed by atoms with Crippen molar-refractivity contribution in [2.24, 2.45) is 0 Å². The smallest absolute Gasteiger partial charge is 0.167 e. The van der Waals surface area contributed by atoms with Gasteiger partial charge in [-0.2, -0.15) is 0 Å². The minimum atomic E-state index is -0.201. The molecule has 0 bridgehead atoms. The molecular weight excluding hydrogens is 335 g/mol. The first-order chi connectivity index (χ1) is 10.0. The van der Waals surface area contributed by atoms with Crippen LogP contribution in [0.1, 0.15) is 11.1 Å². The summed E-state index contributed by atoms with van der Waals surface area (Å²) in [5.41, 5.74) is 1.41. The summed E-state index contributed by atoms with van der Waals surface area (Å²) in [6.45, 7) is 0.0650. The van der Waals surface area contributed by atoms with Crippen LogP contribution in [0, 0.1) is 0 Å². The Morgan fingerprint density at radius 3 is 2.43 bits per heavy atom. The van der Waals surface area contributed by atoms with Crippen molar-refractivity contribution in [2.45, 2.75) is 13.2 Å². The molecule has 2 rings (SSSR count). The number of methoxy groups -OCH3 is 1. The Labute approximate surface area is 138 Å². The Balaban J connectivity index is 2.24. The molecule has 0 aliphatic rings. The molecule has 0 aromatic heterocycles. The summed E-state index contributed by atoms with van der Waals surface area (Å²) in [7, 11) is 1.51. The lowest BCUT2D eigenvalue weighted by atomic mass is 10.2. The fourth-order valence-corrected chi connectivity index (χ4v) is 2.39. The maximum atomic E-state index is 9.41. The van der Waals surface area contributed by atoms with Gasteiger partial charge < -0.3 is 14.6 Å². The van der Waals surface area contributed by atoms with Gasteiger partial charge in [-0.3, -0.25) is 0 Å². The van der Waals surface area contributed by atoms with Gasteiger partial charge in [0.05, 0.1) is 23.8 Å². The fourth-order valence-electron chi connectivity index (χ4n) is 1.84. The summed E-state index contributed by atoms with van der Waals surface area (Å²) in [6.07, 6.45) is 0. The Morgan fingerprint density at radius 2 is 1.81 bits per heavy atom. The summed E-state index contributed by atoms with van der Waals surface area (Å²) in [6, 6.07) is 8.51. The van der Waals surface area contributed by atoms with Crippen LogP contribution in [0.4, 0.5) is 0 Å². The van der Waals surface area contributed by atoms with E-state index in [1.165, 1.54) is 7.11 Å². The third-order valence-electron chi connectivity index (χ3n) is 2.85. The van der Waals surface area contributed by atoms with E-state index in [0.29, 0.717) is 32.1 Å². The highest BCUT2D eigenvalue weighted by Gasteiger charge is 2.13. The molecule has 0 spiro atoms. The summed E-state index contributed by atoms with van der Waals surface area (Å²) >= 11 is 17.8. The van der Waals surface area contributed by atoms with E-state index < -0.39 is 0 Å². The molecule has 21 heavy (non-hydrogen) atoms. The van der Waals surface area contributed by atoms with Crippen molar-refractivity contribution in [3.05, 3.63) is 56.5 Å². The number of hydrogen-bond acceptors (Lipinski definition) is 3. The van der Waals surface area contributed by atoms with E-state index in [-0.39, 0.29) is 13.2 Å². The van der Waals surface area contributed by atoms with E-state index in [9.17, 15) is 5.11 Å². The lowest BCUT2D eigenvalue weighted by molar-refractivity contribution is 0.250. The monoisotopic (exact) mass is 346 g/mol. The Hall–Kier alpha value is -1.13. The molecule has 0 unspecified atom stereocenters. The van der Waals surface area contributed by atoms with Crippen LogP contribution in [0.3, 0.4) is 0 Å². The largest absolute Gasteiger partial charge is 0.493 e. The van der Waals surface area contributed by atoms with Gasteiger partial charge >= 0.3 is 0 Å². The van der Waals surface area contributed by atoms with Crippen molar-refractivity contribution in [3.8, 4) is 11.5 Å². The minimum Gasteiger partial charge on any atom is -0.493 e. The van der Waals surface area contributed by atoms with Crippen LogP contribution < -0.4 is 9.47 Å². The molecule has 0 atom stereocenters. The quantitative estimate of drug-likeness (QED) is 0.850. The number of halogens is 3. The molecule has 2 aromatic carbocycles. The second kappa shape index (κ2) is 7.23. The molecule has 0 saturated heterocycles. The van der Waals surface area contributed by atoms with Gasteiger partial charge in [0.25, 0.3) is 0 Å². The third kappa shape index (κ3) is 3.95. The first-order valence-electron chi connectivity index (χ1n) is 6.09. The van der Waals surface area contributed by atoms with Gasteiger partial charge in [0.15, 0.2) is 11.5 Å². The highest BCUT2D eigenvalue weighted by Crippen LogP contribution is 2.35. The Bertz CT molecular complexity index is 619. The third-order valence-corrected chi connectivity index (χ3v) is 3.81. The van der Waals surface area contributed by atoms with Gasteiger partial charge in [0.1, 0.15) is 6.61 Å². The van der Waals surface area contributed by atoms with E-state index in [1.807, 2.05) is 6.07 Å². The number of benzene rings is 2. The zero-order chi connectivity index (χ0) is 15.4. The minimum absolute atomic E-state index is 0.201. The zero-order valence-corrected chi connectivity index (χ0v) is 13.5. The van der Waals surface area contributed by atoms with Gasteiger partial charge in [0.2, 0.25) is 0 Å². The number of ether oxygens (including phenoxy) is 2. The molecule has 0 aliphatic heterocycles. The molecule has 0 radical (unpaired) electrons. The van der Waals surface area contributed by atoms with Gasteiger partial charge in [0, 0.05) is 16.7 Å².